The van der Waals surface area contributed by atoms with Gasteiger partial charge in [-0.25, -0.2) is 4.79 Å². The third kappa shape index (κ3) is 3.23. The summed E-state index contributed by atoms with van der Waals surface area (Å²) in [5, 5.41) is 0. The van der Waals surface area contributed by atoms with Gasteiger partial charge in [-0.05, 0) is 19.1 Å². The molecule has 2 amide bonds. The van der Waals surface area contributed by atoms with Crippen LogP contribution in [0.5, 0.6) is 0 Å². The summed E-state index contributed by atoms with van der Waals surface area (Å²) in [7, 11) is 3.57. The highest BCUT2D eigenvalue weighted by Gasteiger charge is 2.12. The van der Waals surface area contributed by atoms with Crippen LogP contribution in [0.2, 0.25) is 0 Å². The highest BCUT2D eigenvalue weighted by Crippen LogP contribution is 2.01. The lowest BCUT2D eigenvalue weighted by Gasteiger charge is -2.23. The summed E-state index contributed by atoms with van der Waals surface area (Å²) >= 11 is 0. The number of carbonyl (C=O) groups is 1. The van der Waals surface area contributed by atoms with Crippen molar-refractivity contribution in [3.8, 4) is 0 Å². The third-order valence-electron chi connectivity index (χ3n) is 2.25. The van der Waals surface area contributed by atoms with E-state index in [0.717, 1.165) is 5.69 Å². The van der Waals surface area contributed by atoms with Crippen molar-refractivity contribution < 1.29 is 4.79 Å². The number of rotatable bonds is 3. The standard InChI is InChI=1S/C11H17N3O/c1-4-13(2)11(15)14(3)9-10-7-5-6-8-12-10/h5-8H,4,9H2,1-3H3. The number of carbonyl (C=O) groups excluding carboxylic acids is 1. The predicted octanol–water partition coefficient (Wildman–Crippen LogP) is 1.59. The maximum Gasteiger partial charge on any atom is 0.319 e. The molecule has 0 aliphatic carbocycles. The largest absolute Gasteiger partial charge is 0.328 e. The number of pyridine rings is 1. The molecule has 0 saturated carbocycles. The molecule has 4 heteroatoms. The zero-order valence-corrected chi connectivity index (χ0v) is 9.47. The Balaban J connectivity index is 2.56. The van der Waals surface area contributed by atoms with E-state index in [1.165, 1.54) is 0 Å². The zero-order chi connectivity index (χ0) is 11.3. The van der Waals surface area contributed by atoms with E-state index < -0.39 is 0 Å². The highest BCUT2D eigenvalue weighted by molar-refractivity contribution is 5.73. The molecule has 1 rings (SSSR count). The summed E-state index contributed by atoms with van der Waals surface area (Å²) in [5.74, 6) is 0. The molecule has 0 aromatic carbocycles. The first kappa shape index (κ1) is 11.5. The van der Waals surface area contributed by atoms with Crippen molar-refractivity contribution in [2.45, 2.75) is 13.5 Å². The van der Waals surface area contributed by atoms with Gasteiger partial charge in [-0.1, -0.05) is 6.07 Å². The van der Waals surface area contributed by atoms with Gasteiger partial charge >= 0.3 is 6.03 Å². The van der Waals surface area contributed by atoms with Crippen LogP contribution in [-0.4, -0.2) is 41.5 Å². The van der Waals surface area contributed by atoms with Crippen LogP contribution < -0.4 is 0 Å². The molecule has 0 fully saturated rings. The van der Waals surface area contributed by atoms with Crippen LogP contribution in [0.25, 0.3) is 0 Å². The fourth-order valence-corrected chi connectivity index (χ4v) is 1.23. The normalized spacial score (nSPS) is 9.80. The molecule has 1 aromatic rings. The van der Waals surface area contributed by atoms with Crippen molar-refractivity contribution in [3.05, 3.63) is 30.1 Å². The Hall–Kier alpha value is -1.58. The number of amides is 2. The van der Waals surface area contributed by atoms with E-state index in [0.29, 0.717) is 13.1 Å². The Morgan fingerprint density at radius 2 is 2.07 bits per heavy atom. The fraction of sp³-hybridized carbons (Fsp3) is 0.455. The Morgan fingerprint density at radius 1 is 1.33 bits per heavy atom. The van der Waals surface area contributed by atoms with E-state index in [9.17, 15) is 4.79 Å². The first-order chi connectivity index (χ1) is 7.15. The number of nitrogens with zero attached hydrogens (tertiary/aromatic N) is 3. The summed E-state index contributed by atoms with van der Waals surface area (Å²) in [5.41, 5.74) is 0.901. The maximum atomic E-state index is 11.7. The molecular formula is C11H17N3O. The Kier molecular flexibility index (Phi) is 4.09. The van der Waals surface area contributed by atoms with E-state index >= 15 is 0 Å². The van der Waals surface area contributed by atoms with Gasteiger partial charge in [-0.2, -0.15) is 0 Å². The number of urea groups is 1. The van der Waals surface area contributed by atoms with Crippen LogP contribution in [0.15, 0.2) is 24.4 Å². The quantitative estimate of drug-likeness (QED) is 0.754. The smallest absolute Gasteiger partial charge is 0.319 e. The van der Waals surface area contributed by atoms with Gasteiger partial charge in [0.05, 0.1) is 12.2 Å². The zero-order valence-electron chi connectivity index (χ0n) is 9.47. The van der Waals surface area contributed by atoms with Crippen molar-refractivity contribution in [1.29, 1.82) is 0 Å². The second-order valence-corrected chi connectivity index (χ2v) is 3.47. The summed E-state index contributed by atoms with van der Waals surface area (Å²) < 4.78 is 0. The van der Waals surface area contributed by atoms with Crippen molar-refractivity contribution in [3.63, 3.8) is 0 Å². The minimum Gasteiger partial charge on any atom is -0.328 e. The van der Waals surface area contributed by atoms with Crippen molar-refractivity contribution in [2.75, 3.05) is 20.6 Å². The predicted molar refractivity (Wildman–Crippen MR) is 59.4 cm³/mol. The van der Waals surface area contributed by atoms with Crippen LogP contribution in [-0.2, 0) is 6.54 Å². The maximum absolute atomic E-state index is 11.7. The second kappa shape index (κ2) is 5.34. The molecule has 0 bridgehead atoms. The molecule has 15 heavy (non-hydrogen) atoms. The lowest BCUT2D eigenvalue weighted by Crippen LogP contribution is -2.38. The van der Waals surface area contributed by atoms with Crippen LogP contribution in [0, 0.1) is 0 Å². The molecule has 1 aromatic heterocycles. The molecule has 0 N–H and O–H groups in total. The summed E-state index contributed by atoms with van der Waals surface area (Å²) in [4.78, 5) is 19.2. The van der Waals surface area contributed by atoms with Gasteiger partial charge in [0, 0.05) is 26.8 Å². The monoisotopic (exact) mass is 207 g/mol. The molecule has 0 saturated heterocycles. The molecular weight excluding hydrogens is 190 g/mol. The van der Waals surface area contributed by atoms with Crippen molar-refractivity contribution >= 4 is 6.03 Å². The van der Waals surface area contributed by atoms with E-state index in [-0.39, 0.29) is 6.03 Å². The fourth-order valence-electron chi connectivity index (χ4n) is 1.23. The number of hydrogen-bond donors (Lipinski definition) is 0. The van der Waals surface area contributed by atoms with Crippen molar-refractivity contribution in [1.82, 2.24) is 14.8 Å². The lowest BCUT2D eigenvalue weighted by atomic mass is 10.3. The summed E-state index contributed by atoms with van der Waals surface area (Å²) in [6, 6.07) is 5.71. The van der Waals surface area contributed by atoms with E-state index in [4.69, 9.17) is 0 Å². The van der Waals surface area contributed by atoms with Gasteiger partial charge in [0.2, 0.25) is 0 Å². The summed E-state index contributed by atoms with van der Waals surface area (Å²) in [6.45, 7) is 3.21. The first-order valence-electron chi connectivity index (χ1n) is 5.01. The molecule has 82 valence electrons. The average Bonchev–Trinajstić information content (AvgIpc) is 2.28. The van der Waals surface area contributed by atoms with E-state index in [1.54, 1.807) is 30.1 Å². The van der Waals surface area contributed by atoms with Gasteiger partial charge in [0.15, 0.2) is 0 Å². The van der Waals surface area contributed by atoms with Gasteiger partial charge in [0.25, 0.3) is 0 Å². The Bertz CT molecular complexity index is 313. The molecule has 0 unspecified atom stereocenters. The summed E-state index contributed by atoms with van der Waals surface area (Å²) in [6.07, 6.45) is 1.73. The second-order valence-electron chi connectivity index (χ2n) is 3.47. The molecule has 0 atom stereocenters. The molecule has 0 aliphatic heterocycles. The number of hydrogen-bond acceptors (Lipinski definition) is 2. The molecule has 4 nitrogen and oxygen atoms in total. The van der Waals surface area contributed by atoms with Gasteiger partial charge in [0.1, 0.15) is 0 Å². The topological polar surface area (TPSA) is 36.4 Å². The molecule has 0 spiro atoms. The number of aromatic nitrogens is 1. The van der Waals surface area contributed by atoms with Crippen LogP contribution in [0.1, 0.15) is 12.6 Å². The Morgan fingerprint density at radius 3 is 2.60 bits per heavy atom. The minimum absolute atomic E-state index is 0.0168. The Labute approximate surface area is 90.5 Å². The van der Waals surface area contributed by atoms with Gasteiger partial charge < -0.3 is 9.80 Å². The van der Waals surface area contributed by atoms with E-state index in [2.05, 4.69) is 4.98 Å². The third-order valence-corrected chi connectivity index (χ3v) is 2.25. The molecule has 1 heterocycles. The average molecular weight is 207 g/mol. The van der Waals surface area contributed by atoms with Crippen LogP contribution >= 0.6 is 0 Å². The van der Waals surface area contributed by atoms with Crippen LogP contribution in [0.4, 0.5) is 4.79 Å². The molecule has 0 radical (unpaired) electrons. The highest BCUT2D eigenvalue weighted by atomic mass is 16.2. The lowest BCUT2D eigenvalue weighted by molar-refractivity contribution is 0.173. The minimum atomic E-state index is 0.0168. The van der Waals surface area contributed by atoms with Crippen LogP contribution in [0.3, 0.4) is 0 Å². The SMILES string of the molecule is CCN(C)C(=O)N(C)Cc1ccccn1. The van der Waals surface area contributed by atoms with E-state index in [1.807, 2.05) is 25.1 Å². The first-order valence-corrected chi connectivity index (χ1v) is 5.01. The van der Waals surface area contributed by atoms with Crippen molar-refractivity contribution in [2.24, 2.45) is 0 Å². The van der Waals surface area contributed by atoms with Gasteiger partial charge in [-0.3, -0.25) is 4.98 Å². The molecule has 0 aliphatic rings. The van der Waals surface area contributed by atoms with Gasteiger partial charge in [-0.15, -0.1) is 0 Å².